The highest BCUT2D eigenvalue weighted by Crippen LogP contribution is 2.13. The van der Waals surface area contributed by atoms with Gasteiger partial charge in [-0.05, 0) is 48.4 Å². The highest BCUT2D eigenvalue weighted by molar-refractivity contribution is 5.94. The molecule has 0 spiro atoms. The van der Waals surface area contributed by atoms with Crippen LogP contribution in [0.4, 0.5) is 0 Å². The molecule has 1 N–H and O–H groups in total. The van der Waals surface area contributed by atoms with Crippen LogP contribution in [0.1, 0.15) is 28.4 Å². The molecular weight excluding hydrogens is 368 g/mol. The van der Waals surface area contributed by atoms with E-state index < -0.39 is 0 Å². The molecule has 6 heteroatoms. The Balaban J connectivity index is 1.44. The summed E-state index contributed by atoms with van der Waals surface area (Å²) in [5.74, 6) is 0.774. The van der Waals surface area contributed by atoms with Crippen molar-refractivity contribution in [2.75, 3.05) is 6.61 Å². The van der Waals surface area contributed by atoms with Crippen LogP contribution in [-0.2, 0) is 17.9 Å². The zero-order valence-electron chi connectivity index (χ0n) is 16.1. The minimum Gasteiger partial charge on any atom is -0.484 e. The maximum Gasteiger partial charge on any atom is 0.258 e. The number of nitrogens with one attached hydrogen (secondary N) is 1. The average molecular weight is 390 g/mol. The number of carbonyl (C=O) groups is 2. The maximum absolute atomic E-state index is 12.0. The van der Waals surface area contributed by atoms with Crippen LogP contribution in [0, 0.1) is 0 Å². The number of hydrogen-bond donors (Lipinski definition) is 1. The van der Waals surface area contributed by atoms with Crippen LogP contribution in [0.2, 0.25) is 0 Å². The second kappa shape index (κ2) is 10.0. The van der Waals surface area contributed by atoms with Crippen molar-refractivity contribution in [3.8, 4) is 11.6 Å². The molecule has 6 nitrogen and oxygen atoms in total. The van der Waals surface area contributed by atoms with Gasteiger partial charge in [0.1, 0.15) is 12.4 Å². The predicted octanol–water partition coefficient (Wildman–Crippen LogP) is 3.56. The smallest absolute Gasteiger partial charge is 0.258 e. The molecular formula is C23H22N2O4. The Labute approximate surface area is 169 Å². The number of pyridine rings is 1. The van der Waals surface area contributed by atoms with Crippen molar-refractivity contribution >= 4 is 11.7 Å². The highest BCUT2D eigenvalue weighted by atomic mass is 16.5. The fourth-order valence-electron chi connectivity index (χ4n) is 2.56. The van der Waals surface area contributed by atoms with Crippen LogP contribution in [-0.4, -0.2) is 23.3 Å². The average Bonchev–Trinajstić information content (AvgIpc) is 2.76. The topological polar surface area (TPSA) is 77.5 Å². The Morgan fingerprint density at radius 3 is 2.41 bits per heavy atom. The van der Waals surface area contributed by atoms with Crippen molar-refractivity contribution in [1.82, 2.24) is 10.3 Å². The molecule has 0 saturated heterocycles. The summed E-state index contributed by atoms with van der Waals surface area (Å²) in [6.45, 7) is 2.16. The predicted molar refractivity (Wildman–Crippen MR) is 109 cm³/mol. The Morgan fingerprint density at radius 1 is 0.931 bits per heavy atom. The number of ether oxygens (including phenoxy) is 2. The van der Waals surface area contributed by atoms with Crippen molar-refractivity contribution in [3.63, 3.8) is 0 Å². The number of carbonyl (C=O) groups excluding carboxylic acids is 2. The molecule has 0 saturated carbocycles. The van der Waals surface area contributed by atoms with E-state index >= 15 is 0 Å². The number of amides is 1. The molecule has 148 valence electrons. The summed E-state index contributed by atoms with van der Waals surface area (Å²) in [5.41, 5.74) is 2.54. The normalized spacial score (nSPS) is 10.2. The number of hydrogen-bond acceptors (Lipinski definition) is 5. The number of nitrogens with zero attached hydrogens (tertiary/aromatic N) is 1. The Morgan fingerprint density at radius 2 is 1.69 bits per heavy atom. The first-order chi connectivity index (χ1) is 14.1. The molecule has 0 bridgehead atoms. The molecule has 1 aromatic heterocycles. The Bertz CT molecular complexity index is 956. The summed E-state index contributed by atoms with van der Waals surface area (Å²) < 4.78 is 11.1. The fourth-order valence-corrected chi connectivity index (χ4v) is 2.56. The fraction of sp³-hybridized carbons (Fsp3) is 0.174. The molecule has 2 aromatic carbocycles. The van der Waals surface area contributed by atoms with Gasteiger partial charge in [0, 0.05) is 24.4 Å². The summed E-state index contributed by atoms with van der Waals surface area (Å²) in [6.07, 6.45) is 1.65. The summed E-state index contributed by atoms with van der Waals surface area (Å²) in [5, 5.41) is 2.80. The van der Waals surface area contributed by atoms with Crippen LogP contribution in [0.5, 0.6) is 11.6 Å². The standard InChI is InChI=1S/C23H22N2O4/c1-17(26)20-7-9-21(10-8-20)28-16-22(27)25-14-19-11-12-24-23(13-19)29-15-18-5-3-2-4-6-18/h2-13H,14-16H2,1H3,(H,25,27). The van der Waals surface area contributed by atoms with Crippen molar-refractivity contribution in [2.24, 2.45) is 0 Å². The molecule has 3 aromatic rings. The molecule has 1 amide bonds. The highest BCUT2D eigenvalue weighted by Gasteiger charge is 2.05. The zero-order valence-corrected chi connectivity index (χ0v) is 16.1. The number of Topliss-reactive ketones (excluding diaryl/α,β-unsaturated/α-hetero) is 1. The van der Waals surface area contributed by atoms with E-state index in [9.17, 15) is 9.59 Å². The molecule has 0 atom stereocenters. The van der Waals surface area contributed by atoms with Crippen molar-refractivity contribution < 1.29 is 19.1 Å². The summed E-state index contributed by atoms with van der Waals surface area (Å²) >= 11 is 0. The molecule has 29 heavy (non-hydrogen) atoms. The lowest BCUT2D eigenvalue weighted by molar-refractivity contribution is -0.123. The Hall–Kier alpha value is -3.67. The number of aromatic nitrogens is 1. The summed E-state index contributed by atoms with van der Waals surface area (Å²) in [4.78, 5) is 27.5. The molecule has 1 heterocycles. The van der Waals surface area contributed by atoms with E-state index in [1.807, 2.05) is 36.4 Å². The first-order valence-electron chi connectivity index (χ1n) is 9.22. The van der Waals surface area contributed by atoms with Crippen LogP contribution in [0.25, 0.3) is 0 Å². The van der Waals surface area contributed by atoms with Crippen LogP contribution >= 0.6 is 0 Å². The van der Waals surface area contributed by atoms with Crippen LogP contribution in [0.15, 0.2) is 72.9 Å². The van der Waals surface area contributed by atoms with E-state index in [1.54, 1.807) is 36.5 Å². The van der Waals surface area contributed by atoms with Gasteiger partial charge in [0.25, 0.3) is 5.91 Å². The van der Waals surface area contributed by atoms with Crippen molar-refractivity contribution in [1.29, 1.82) is 0 Å². The first kappa shape index (κ1) is 20.1. The third kappa shape index (κ3) is 6.46. The first-order valence-corrected chi connectivity index (χ1v) is 9.22. The second-order valence-corrected chi connectivity index (χ2v) is 6.42. The van der Waals surface area contributed by atoms with Gasteiger partial charge in [-0.25, -0.2) is 4.98 Å². The lowest BCUT2D eigenvalue weighted by atomic mass is 10.1. The molecule has 0 aliphatic rings. The van der Waals surface area contributed by atoms with Crippen molar-refractivity contribution in [2.45, 2.75) is 20.1 Å². The minimum atomic E-state index is -0.246. The second-order valence-electron chi connectivity index (χ2n) is 6.42. The van der Waals surface area contributed by atoms with Crippen LogP contribution in [0.3, 0.4) is 0 Å². The molecule has 0 fully saturated rings. The van der Waals surface area contributed by atoms with Gasteiger partial charge in [-0.2, -0.15) is 0 Å². The van der Waals surface area contributed by atoms with Gasteiger partial charge in [0.2, 0.25) is 5.88 Å². The van der Waals surface area contributed by atoms with Gasteiger partial charge in [0.05, 0.1) is 0 Å². The summed E-state index contributed by atoms with van der Waals surface area (Å²) in [7, 11) is 0. The van der Waals surface area contributed by atoms with Crippen LogP contribution < -0.4 is 14.8 Å². The third-order valence-corrected chi connectivity index (χ3v) is 4.15. The van der Waals surface area contributed by atoms with E-state index in [0.29, 0.717) is 30.3 Å². The minimum absolute atomic E-state index is 0.0150. The number of ketones is 1. The monoisotopic (exact) mass is 390 g/mol. The molecule has 0 aliphatic heterocycles. The van der Waals surface area contributed by atoms with Gasteiger partial charge in [-0.1, -0.05) is 30.3 Å². The lowest BCUT2D eigenvalue weighted by Crippen LogP contribution is -2.28. The van der Waals surface area contributed by atoms with E-state index in [0.717, 1.165) is 11.1 Å². The largest absolute Gasteiger partial charge is 0.484 e. The van der Waals surface area contributed by atoms with Crippen molar-refractivity contribution in [3.05, 3.63) is 89.6 Å². The zero-order chi connectivity index (χ0) is 20.5. The van der Waals surface area contributed by atoms with Gasteiger partial charge >= 0.3 is 0 Å². The van der Waals surface area contributed by atoms with E-state index in [1.165, 1.54) is 6.92 Å². The third-order valence-electron chi connectivity index (χ3n) is 4.15. The quantitative estimate of drug-likeness (QED) is 0.565. The van der Waals surface area contributed by atoms with Gasteiger partial charge in [0.15, 0.2) is 12.4 Å². The van der Waals surface area contributed by atoms with Gasteiger partial charge in [-0.3, -0.25) is 9.59 Å². The lowest BCUT2D eigenvalue weighted by Gasteiger charge is -2.09. The van der Waals surface area contributed by atoms with Gasteiger partial charge < -0.3 is 14.8 Å². The molecule has 0 radical (unpaired) electrons. The summed E-state index contributed by atoms with van der Waals surface area (Å²) in [6, 6.07) is 20.1. The Kier molecular flexibility index (Phi) is 6.95. The number of rotatable bonds is 9. The van der Waals surface area contributed by atoms with Gasteiger partial charge in [-0.15, -0.1) is 0 Å². The van der Waals surface area contributed by atoms with E-state index in [4.69, 9.17) is 9.47 Å². The van der Waals surface area contributed by atoms with E-state index in [2.05, 4.69) is 10.3 Å². The molecule has 0 aliphatic carbocycles. The molecule has 3 rings (SSSR count). The maximum atomic E-state index is 12.0. The SMILES string of the molecule is CC(=O)c1ccc(OCC(=O)NCc2ccnc(OCc3ccccc3)c2)cc1. The molecule has 0 unspecified atom stereocenters. The number of benzene rings is 2. The van der Waals surface area contributed by atoms with E-state index in [-0.39, 0.29) is 18.3 Å².